The lowest BCUT2D eigenvalue weighted by Crippen LogP contribution is -2.32. The lowest BCUT2D eigenvalue weighted by atomic mass is 10.4. The molecule has 0 unspecified atom stereocenters. The number of amides is 1. The molecule has 0 radical (unpaired) electrons. The van der Waals surface area contributed by atoms with Crippen LogP contribution in [-0.2, 0) is 11.3 Å². The molecule has 104 valence electrons. The van der Waals surface area contributed by atoms with E-state index in [1.54, 1.807) is 17.3 Å². The van der Waals surface area contributed by atoms with Gasteiger partial charge in [-0.3, -0.25) is 9.69 Å². The predicted octanol–water partition coefficient (Wildman–Crippen LogP) is 2.82. The van der Waals surface area contributed by atoms with Gasteiger partial charge >= 0.3 is 6.18 Å². The standard InChI is InChI=1S/C10H9ClF3N3OS/c11-9-15-4-7(19-9)5-16-1-2-17(6-16)8(18)3-10(12,13)14/h1-2,4H,3,5-6H2. The highest BCUT2D eigenvalue weighted by Gasteiger charge is 2.34. The summed E-state index contributed by atoms with van der Waals surface area (Å²) in [5.41, 5.74) is 0. The summed E-state index contributed by atoms with van der Waals surface area (Å²) < 4.78 is 36.7. The van der Waals surface area contributed by atoms with Crippen molar-refractivity contribution in [3.63, 3.8) is 0 Å². The SMILES string of the molecule is O=C(CC(F)(F)F)N1C=CN(Cc2cnc(Cl)s2)C1. The molecule has 0 atom stereocenters. The molecule has 2 heterocycles. The van der Waals surface area contributed by atoms with Crippen LogP contribution in [0.4, 0.5) is 13.2 Å². The summed E-state index contributed by atoms with van der Waals surface area (Å²) in [6, 6.07) is 0. The molecule has 1 aliphatic rings. The van der Waals surface area contributed by atoms with Crippen LogP contribution in [0, 0.1) is 0 Å². The van der Waals surface area contributed by atoms with Gasteiger partial charge in [-0.2, -0.15) is 13.2 Å². The highest BCUT2D eigenvalue weighted by atomic mass is 35.5. The van der Waals surface area contributed by atoms with Gasteiger partial charge in [0.15, 0.2) is 4.47 Å². The van der Waals surface area contributed by atoms with E-state index < -0.39 is 18.5 Å². The zero-order valence-corrected chi connectivity index (χ0v) is 11.1. The number of hydrogen-bond acceptors (Lipinski definition) is 4. The van der Waals surface area contributed by atoms with Crippen LogP contribution in [0.2, 0.25) is 4.47 Å². The highest BCUT2D eigenvalue weighted by molar-refractivity contribution is 7.15. The monoisotopic (exact) mass is 311 g/mol. The maximum absolute atomic E-state index is 12.1. The molecule has 0 N–H and O–H groups in total. The average Bonchev–Trinajstić information content (AvgIpc) is 2.86. The Labute approximate surface area is 116 Å². The van der Waals surface area contributed by atoms with Gasteiger partial charge in [-0.1, -0.05) is 11.6 Å². The summed E-state index contributed by atoms with van der Waals surface area (Å²) in [7, 11) is 0. The van der Waals surface area contributed by atoms with E-state index in [1.807, 2.05) is 0 Å². The molecule has 0 bridgehead atoms. The first-order valence-electron chi connectivity index (χ1n) is 5.22. The van der Waals surface area contributed by atoms with Crippen LogP contribution in [0.25, 0.3) is 0 Å². The van der Waals surface area contributed by atoms with Gasteiger partial charge in [0.05, 0.1) is 13.2 Å². The van der Waals surface area contributed by atoms with Crippen LogP contribution < -0.4 is 0 Å². The second kappa shape index (κ2) is 5.38. The molecule has 0 aliphatic carbocycles. The second-order valence-corrected chi connectivity index (χ2v) is 5.62. The first-order chi connectivity index (χ1) is 8.83. The Morgan fingerprint density at radius 3 is 2.79 bits per heavy atom. The molecule has 1 aromatic heterocycles. The molecule has 0 fully saturated rings. The Hall–Kier alpha value is -1.28. The third kappa shape index (κ3) is 4.10. The number of carbonyl (C=O) groups is 1. The normalized spacial score (nSPS) is 15.4. The van der Waals surface area contributed by atoms with E-state index in [-0.39, 0.29) is 6.67 Å². The fraction of sp³-hybridized carbons (Fsp3) is 0.400. The molecule has 0 spiro atoms. The van der Waals surface area contributed by atoms with Crippen molar-refractivity contribution in [3.8, 4) is 0 Å². The van der Waals surface area contributed by atoms with Crippen molar-refractivity contribution in [2.75, 3.05) is 6.67 Å². The van der Waals surface area contributed by atoms with Gasteiger partial charge in [0.2, 0.25) is 5.91 Å². The fourth-order valence-corrected chi connectivity index (χ4v) is 2.56. The van der Waals surface area contributed by atoms with Gasteiger partial charge in [-0.25, -0.2) is 4.98 Å². The summed E-state index contributed by atoms with van der Waals surface area (Å²) in [6.07, 6.45) is -1.42. The minimum absolute atomic E-state index is 0.102. The molecule has 1 aliphatic heterocycles. The Balaban J connectivity index is 1.87. The largest absolute Gasteiger partial charge is 0.397 e. The zero-order chi connectivity index (χ0) is 14.0. The smallest absolute Gasteiger partial charge is 0.353 e. The fourth-order valence-electron chi connectivity index (χ4n) is 1.56. The Bertz CT molecular complexity index is 502. The van der Waals surface area contributed by atoms with Crippen molar-refractivity contribution in [2.24, 2.45) is 0 Å². The number of alkyl halides is 3. The molecule has 9 heteroatoms. The summed E-state index contributed by atoms with van der Waals surface area (Å²) in [5, 5.41) is 0. The van der Waals surface area contributed by atoms with Gasteiger partial charge in [-0.05, 0) is 0 Å². The number of carbonyl (C=O) groups excluding carboxylic acids is 1. The highest BCUT2D eigenvalue weighted by Crippen LogP contribution is 2.24. The van der Waals surface area contributed by atoms with E-state index in [2.05, 4.69) is 4.98 Å². The number of nitrogens with zero attached hydrogens (tertiary/aromatic N) is 3. The van der Waals surface area contributed by atoms with Crippen LogP contribution in [-0.4, -0.2) is 33.5 Å². The topological polar surface area (TPSA) is 36.4 Å². The van der Waals surface area contributed by atoms with E-state index >= 15 is 0 Å². The van der Waals surface area contributed by atoms with Crippen LogP contribution >= 0.6 is 22.9 Å². The van der Waals surface area contributed by atoms with E-state index in [4.69, 9.17) is 11.6 Å². The minimum Gasteiger partial charge on any atom is -0.353 e. The quantitative estimate of drug-likeness (QED) is 0.861. The molecular weight excluding hydrogens is 303 g/mol. The van der Waals surface area contributed by atoms with Crippen molar-refractivity contribution >= 4 is 28.8 Å². The van der Waals surface area contributed by atoms with Crippen LogP contribution in [0.1, 0.15) is 11.3 Å². The lowest BCUT2D eigenvalue weighted by Gasteiger charge is -2.19. The first kappa shape index (κ1) is 14.1. The minimum atomic E-state index is -4.48. The zero-order valence-electron chi connectivity index (χ0n) is 9.52. The number of thiazole rings is 1. The third-order valence-corrected chi connectivity index (χ3v) is 3.45. The predicted molar refractivity (Wildman–Crippen MR) is 64.2 cm³/mol. The van der Waals surface area contributed by atoms with E-state index in [0.29, 0.717) is 11.0 Å². The maximum Gasteiger partial charge on any atom is 0.397 e. The van der Waals surface area contributed by atoms with Crippen LogP contribution in [0.15, 0.2) is 18.6 Å². The van der Waals surface area contributed by atoms with Crippen molar-refractivity contribution < 1.29 is 18.0 Å². The molecule has 1 amide bonds. The number of halogens is 4. The molecule has 2 rings (SSSR count). The summed E-state index contributed by atoms with van der Waals surface area (Å²) in [4.78, 5) is 18.8. The van der Waals surface area contributed by atoms with Crippen molar-refractivity contribution in [1.82, 2.24) is 14.8 Å². The Morgan fingerprint density at radius 2 is 2.21 bits per heavy atom. The number of hydrogen-bond donors (Lipinski definition) is 0. The molecule has 1 aromatic rings. The summed E-state index contributed by atoms with van der Waals surface area (Å²) >= 11 is 6.97. The van der Waals surface area contributed by atoms with Gasteiger partial charge in [0, 0.05) is 23.5 Å². The van der Waals surface area contributed by atoms with E-state index in [1.165, 1.54) is 17.5 Å². The van der Waals surface area contributed by atoms with Crippen LogP contribution in [0.5, 0.6) is 0 Å². The second-order valence-electron chi connectivity index (χ2n) is 3.92. The summed E-state index contributed by atoms with van der Waals surface area (Å²) in [6.45, 7) is 0.557. The Kier molecular flexibility index (Phi) is 4.00. The van der Waals surface area contributed by atoms with Crippen molar-refractivity contribution in [3.05, 3.63) is 27.9 Å². The van der Waals surface area contributed by atoms with Crippen LogP contribution in [0.3, 0.4) is 0 Å². The molecule has 4 nitrogen and oxygen atoms in total. The van der Waals surface area contributed by atoms with Crippen molar-refractivity contribution in [2.45, 2.75) is 19.1 Å². The van der Waals surface area contributed by atoms with E-state index in [0.717, 1.165) is 9.78 Å². The maximum atomic E-state index is 12.1. The van der Waals surface area contributed by atoms with Gasteiger partial charge in [-0.15, -0.1) is 11.3 Å². The van der Waals surface area contributed by atoms with Gasteiger partial charge < -0.3 is 4.90 Å². The first-order valence-corrected chi connectivity index (χ1v) is 6.42. The van der Waals surface area contributed by atoms with Gasteiger partial charge in [0.1, 0.15) is 6.42 Å². The molecule has 19 heavy (non-hydrogen) atoms. The van der Waals surface area contributed by atoms with Crippen molar-refractivity contribution in [1.29, 1.82) is 0 Å². The number of aromatic nitrogens is 1. The van der Waals surface area contributed by atoms with Gasteiger partial charge in [0.25, 0.3) is 0 Å². The number of rotatable bonds is 3. The Morgan fingerprint density at radius 1 is 1.47 bits per heavy atom. The molecule has 0 aromatic carbocycles. The average molecular weight is 312 g/mol. The van der Waals surface area contributed by atoms with E-state index in [9.17, 15) is 18.0 Å². The molecule has 0 saturated heterocycles. The third-order valence-electron chi connectivity index (χ3n) is 2.35. The molecular formula is C10H9ClF3N3OS. The molecule has 0 saturated carbocycles. The summed E-state index contributed by atoms with van der Waals surface area (Å²) in [5.74, 6) is -0.964. The lowest BCUT2D eigenvalue weighted by molar-refractivity contribution is -0.159.